The smallest absolute Gasteiger partial charge is 0.261 e. The number of hydrogen-bond acceptors (Lipinski definition) is 4. The summed E-state index contributed by atoms with van der Waals surface area (Å²) in [5.41, 5.74) is 2.54. The van der Waals surface area contributed by atoms with Crippen LogP contribution in [0, 0.1) is 0 Å². The second kappa shape index (κ2) is 7.50. The summed E-state index contributed by atoms with van der Waals surface area (Å²) in [5, 5.41) is 0. The molecule has 1 aliphatic heterocycles. The van der Waals surface area contributed by atoms with Crippen molar-refractivity contribution >= 4 is 25.7 Å². The molecule has 4 rings (SSSR count). The zero-order valence-electron chi connectivity index (χ0n) is 15.6. The van der Waals surface area contributed by atoms with Crippen molar-refractivity contribution in [2.24, 2.45) is 0 Å². The lowest BCUT2D eigenvalue weighted by Gasteiger charge is -2.18. The van der Waals surface area contributed by atoms with Gasteiger partial charge in [-0.15, -0.1) is 0 Å². The van der Waals surface area contributed by atoms with Crippen LogP contribution in [-0.4, -0.2) is 34.2 Å². The summed E-state index contributed by atoms with van der Waals surface area (Å²) in [5.74, 6) is 0. The van der Waals surface area contributed by atoms with E-state index < -0.39 is 20.0 Å². The Morgan fingerprint density at radius 3 is 2.21 bits per heavy atom. The lowest BCUT2D eigenvalue weighted by Crippen LogP contribution is -2.27. The second-order valence-corrected chi connectivity index (χ2v) is 11.0. The van der Waals surface area contributed by atoms with Gasteiger partial charge in [-0.25, -0.2) is 16.8 Å². The normalized spacial score (nSPS) is 18.0. The van der Waals surface area contributed by atoms with Crippen LogP contribution in [0.15, 0.2) is 52.3 Å². The van der Waals surface area contributed by atoms with Crippen molar-refractivity contribution in [3.63, 3.8) is 0 Å². The molecule has 2 aromatic carbocycles. The first-order chi connectivity index (χ1) is 13.4. The SMILES string of the molecule is O=S(=O)(Nc1cccc(S(=O)(=O)N2CCCC2)c1)c1ccc2c(c1)CCCC2. The van der Waals surface area contributed by atoms with Crippen LogP contribution in [0.25, 0.3) is 0 Å². The van der Waals surface area contributed by atoms with Crippen LogP contribution in [0.3, 0.4) is 0 Å². The first-order valence-corrected chi connectivity index (χ1v) is 12.5. The van der Waals surface area contributed by atoms with Gasteiger partial charge >= 0.3 is 0 Å². The van der Waals surface area contributed by atoms with Crippen LogP contribution in [0.4, 0.5) is 5.69 Å². The van der Waals surface area contributed by atoms with Crippen molar-refractivity contribution in [1.82, 2.24) is 4.31 Å². The molecule has 8 heteroatoms. The first-order valence-electron chi connectivity index (χ1n) is 9.61. The van der Waals surface area contributed by atoms with Gasteiger partial charge < -0.3 is 0 Å². The second-order valence-electron chi connectivity index (χ2n) is 7.38. The van der Waals surface area contributed by atoms with E-state index in [2.05, 4.69) is 4.72 Å². The van der Waals surface area contributed by atoms with Gasteiger partial charge in [0.05, 0.1) is 15.5 Å². The quantitative estimate of drug-likeness (QED) is 0.805. The van der Waals surface area contributed by atoms with Crippen LogP contribution in [0.2, 0.25) is 0 Å². The Kier molecular flexibility index (Phi) is 5.20. The van der Waals surface area contributed by atoms with E-state index >= 15 is 0 Å². The van der Waals surface area contributed by atoms with E-state index in [-0.39, 0.29) is 15.5 Å². The highest BCUT2D eigenvalue weighted by Crippen LogP contribution is 2.27. The summed E-state index contributed by atoms with van der Waals surface area (Å²) in [6.07, 6.45) is 5.78. The molecule has 28 heavy (non-hydrogen) atoms. The van der Waals surface area contributed by atoms with E-state index in [1.165, 1.54) is 22.0 Å². The van der Waals surface area contributed by atoms with Gasteiger partial charge in [-0.05, 0) is 80.0 Å². The van der Waals surface area contributed by atoms with Crippen molar-refractivity contribution in [3.8, 4) is 0 Å². The zero-order chi connectivity index (χ0) is 19.8. The summed E-state index contributed by atoms with van der Waals surface area (Å²) >= 11 is 0. The molecule has 1 saturated heterocycles. The summed E-state index contributed by atoms with van der Waals surface area (Å²) < 4.78 is 55.1. The standard InChI is InChI=1S/C20H24N2O4S2/c23-27(24,19-11-10-16-6-1-2-7-17(16)14-19)21-18-8-5-9-20(15-18)28(25,26)22-12-3-4-13-22/h5,8-11,14-15,21H,1-4,6-7,12-13H2. The van der Waals surface area contributed by atoms with E-state index in [9.17, 15) is 16.8 Å². The van der Waals surface area contributed by atoms with Crippen molar-refractivity contribution < 1.29 is 16.8 Å². The van der Waals surface area contributed by atoms with E-state index in [4.69, 9.17) is 0 Å². The van der Waals surface area contributed by atoms with Crippen LogP contribution < -0.4 is 4.72 Å². The fourth-order valence-corrected chi connectivity index (χ4v) is 6.55. The molecule has 0 radical (unpaired) electrons. The predicted octanol–water partition coefficient (Wildman–Crippen LogP) is 3.15. The number of nitrogens with zero attached hydrogens (tertiary/aromatic N) is 1. The number of nitrogens with one attached hydrogen (secondary N) is 1. The minimum atomic E-state index is -3.79. The number of aryl methyl sites for hydroxylation is 2. The van der Waals surface area contributed by atoms with Gasteiger partial charge in [-0.3, -0.25) is 4.72 Å². The maximum Gasteiger partial charge on any atom is 0.261 e. The monoisotopic (exact) mass is 420 g/mol. The Hall–Kier alpha value is -1.90. The van der Waals surface area contributed by atoms with Crippen LogP contribution >= 0.6 is 0 Å². The fourth-order valence-electron chi connectivity index (χ4n) is 3.89. The maximum atomic E-state index is 12.8. The molecule has 1 N–H and O–H groups in total. The number of hydrogen-bond donors (Lipinski definition) is 1. The molecule has 1 aliphatic carbocycles. The first kappa shape index (κ1) is 19.4. The van der Waals surface area contributed by atoms with Crippen molar-refractivity contribution in [1.29, 1.82) is 0 Å². The highest BCUT2D eigenvalue weighted by Gasteiger charge is 2.27. The van der Waals surface area contributed by atoms with Gasteiger partial charge in [0.1, 0.15) is 0 Å². The number of fused-ring (bicyclic) bond motifs is 1. The van der Waals surface area contributed by atoms with Crippen LogP contribution in [-0.2, 0) is 32.9 Å². The Labute approximate surface area is 166 Å². The molecule has 0 atom stereocenters. The molecular formula is C20H24N2O4S2. The summed E-state index contributed by atoms with van der Waals surface area (Å²) in [6.45, 7) is 1.01. The van der Waals surface area contributed by atoms with Gasteiger partial charge in [0.2, 0.25) is 10.0 Å². The number of sulfonamides is 2. The molecule has 0 amide bonds. The van der Waals surface area contributed by atoms with Crippen LogP contribution in [0.1, 0.15) is 36.8 Å². The van der Waals surface area contributed by atoms with Gasteiger partial charge in [0.25, 0.3) is 10.0 Å². The van der Waals surface area contributed by atoms with Gasteiger partial charge in [0, 0.05) is 13.1 Å². The fraction of sp³-hybridized carbons (Fsp3) is 0.400. The van der Waals surface area contributed by atoms with Crippen LogP contribution in [0.5, 0.6) is 0 Å². The highest BCUT2D eigenvalue weighted by atomic mass is 32.2. The molecule has 1 heterocycles. The zero-order valence-corrected chi connectivity index (χ0v) is 17.2. The van der Waals surface area contributed by atoms with Crippen molar-refractivity contribution in [2.75, 3.05) is 17.8 Å². The average molecular weight is 421 g/mol. The van der Waals surface area contributed by atoms with Gasteiger partial charge in [-0.1, -0.05) is 12.1 Å². The van der Waals surface area contributed by atoms with E-state index in [0.717, 1.165) is 44.1 Å². The summed E-state index contributed by atoms with van der Waals surface area (Å²) in [4.78, 5) is 0.320. The third-order valence-corrected chi connectivity index (χ3v) is 8.69. The number of anilines is 1. The van der Waals surface area contributed by atoms with Gasteiger partial charge in [-0.2, -0.15) is 4.31 Å². The average Bonchev–Trinajstić information content (AvgIpc) is 3.23. The molecule has 2 aliphatic rings. The lowest BCUT2D eigenvalue weighted by molar-refractivity contribution is 0.477. The molecule has 150 valence electrons. The molecular weight excluding hydrogens is 396 g/mol. The third kappa shape index (κ3) is 3.81. The molecule has 6 nitrogen and oxygen atoms in total. The van der Waals surface area contributed by atoms with Crippen molar-refractivity contribution in [2.45, 2.75) is 48.3 Å². The molecule has 0 aromatic heterocycles. The molecule has 2 aromatic rings. The summed E-state index contributed by atoms with van der Waals surface area (Å²) in [6, 6.07) is 11.3. The Bertz CT molecular complexity index is 1090. The Morgan fingerprint density at radius 1 is 0.750 bits per heavy atom. The van der Waals surface area contributed by atoms with E-state index in [0.29, 0.717) is 13.1 Å². The van der Waals surface area contributed by atoms with Crippen molar-refractivity contribution in [3.05, 3.63) is 53.6 Å². The van der Waals surface area contributed by atoms with Gasteiger partial charge in [0.15, 0.2) is 0 Å². The third-order valence-electron chi connectivity index (χ3n) is 5.42. The molecule has 0 saturated carbocycles. The molecule has 0 spiro atoms. The minimum Gasteiger partial charge on any atom is -0.280 e. The maximum absolute atomic E-state index is 12.8. The predicted molar refractivity (Wildman–Crippen MR) is 108 cm³/mol. The molecule has 0 unspecified atom stereocenters. The topological polar surface area (TPSA) is 83.5 Å². The van der Waals surface area contributed by atoms with E-state index in [1.807, 2.05) is 6.07 Å². The largest absolute Gasteiger partial charge is 0.280 e. The van der Waals surface area contributed by atoms with E-state index in [1.54, 1.807) is 24.3 Å². The number of rotatable bonds is 5. The lowest BCUT2D eigenvalue weighted by atomic mass is 9.92. The molecule has 1 fully saturated rings. The Balaban J connectivity index is 1.60. The minimum absolute atomic E-state index is 0.111. The Morgan fingerprint density at radius 2 is 1.46 bits per heavy atom. The highest BCUT2D eigenvalue weighted by molar-refractivity contribution is 7.92. The number of benzene rings is 2. The molecule has 0 bridgehead atoms. The summed E-state index contributed by atoms with van der Waals surface area (Å²) in [7, 11) is -7.38.